The summed E-state index contributed by atoms with van der Waals surface area (Å²) in [5, 5.41) is 4.45. The fourth-order valence-electron chi connectivity index (χ4n) is 4.75. The number of nitrogens with zero attached hydrogens (tertiary/aromatic N) is 2. The zero-order chi connectivity index (χ0) is 19.1. The number of benzene rings is 2. The van der Waals surface area contributed by atoms with Crippen LogP contribution in [0.15, 0.2) is 48.5 Å². The van der Waals surface area contributed by atoms with Crippen LogP contribution in [-0.4, -0.2) is 48.2 Å². The number of aromatic nitrogens is 1. The molecule has 3 heterocycles. The average Bonchev–Trinajstić information content (AvgIpc) is 3.10. The molecule has 2 aliphatic rings. The Balaban J connectivity index is 1.66. The van der Waals surface area contributed by atoms with E-state index in [2.05, 4.69) is 33.0 Å². The van der Waals surface area contributed by atoms with Crippen molar-refractivity contribution in [1.82, 2.24) is 14.8 Å². The number of hydrogen-bond acceptors (Lipinski definition) is 3. The number of carbonyl (C=O) groups excluding carboxylic acids is 1. The topological polar surface area (TPSA) is 46.5 Å². The molecule has 3 aromatic rings. The third-order valence-electron chi connectivity index (χ3n) is 6.10. The molecule has 1 saturated heterocycles. The van der Waals surface area contributed by atoms with Crippen LogP contribution >= 0.6 is 0 Å². The third-order valence-corrected chi connectivity index (χ3v) is 6.10. The first kappa shape index (κ1) is 17.3. The predicted molar refractivity (Wildman–Crippen MR) is 110 cm³/mol. The summed E-state index contributed by atoms with van der Waals surface area (Å²) in [5.74, 6) is 1.01. The van der Waals surface area contributed by atoms with Crippen LogP contribution in [0, 0.1) is 0 Å². The Kier molecular flexibility index (Phi) is 4.32. The SMILES string of the molecule is COc1cccc(-n2c3c(c4ccccc42)C(=O)N(C2CCNCC2)CC3)c1. The van der Waals surface area contributed by atoms with Gasteiger partial charge in [-0.15, -0.1) is 0 Å². The van der Waals surface area contributed by atoms with Crippen LogP contribution in [-0.2, 0) is 6.42 Å². The van der Waals surface area contributed by atoms with Crippen molar-refractivity contribution in [2.75, 3.05) is 26.7 Å². The first-order valence-electron chi connectivity index (χ1n) is 10.1. The second-order valence-corrected chi connectivity index (χ2v) is 7.61. The van der Waals surface area contributed by atoms with E-state index in [1.54, 1.807) is 7.11 Å². The number of ether oxygens (including phenoxy) is 1. The van der Waals surface area contributed by atoms with Gasteiger partial charge in [-0.1, -0.05) is 24.3 Å². The number of hydrogen-bond donors (Lipinski definition) is 1. The summed E-state index contributed by atoms with van der Waals surface area (Å²) >= 11 is 0. The van der Waals surface area contributed by atoms with E-state index >= 15 is 0 Å². The van der Waals surface area contributed by atoms with Crippen LogP contribution in [0.5, 0.6) is 5.75 Å². The zero-order valence-electron chi connectivity index (χ0n) is 16.1. The quantitative estimate of drug-likeness (QED) is 0.763. The minimum atomic E-state index is 0.186. The van der Waals surface area contributed by atoms with E-state index in [1.807, 2.05) is 30.3 Å². The molecule has 0 bridgehead atoms. The molecular formula is C23H25N3O2. The maximum atomic E-state index is 13.6. The Morgan fingerprint density at radius 3 is 2.71 bits per heavy atom. The van der Waals surface area contributed by atoms with Gasteiger partial charge in [-0.25, -0.2) is 0 Å². The monoisotopic (exact) mass is 375 g/mol. The molecule has 1 fully saturated rings. The van der Waals surface area contributed by atoms with Crippen LogP contribution in [0.1, 0.15) is 28.9 Å². The first-order valence-corrected chi connectivity index (χ1v) is 10.1. The van der Waals surface area contributed by atoms with E-state index in [-0.39, 0.29) is 5.91 Å². The van der Waals surface area contributed by atoms with Crippen molar-refractivity contribution in [3.8, 4) is 11.4 Å². The van der Waals surface area contributed by atoms with E-state index < -0.39 is 0 Å². The van der Waals surface area contributed by atoms with Crippen molar-refractivity contribution in [3.05, 3.63) is 59.8 Å². The molecule has 1 amide bonds. The third kappa shape index (κ3) is 2.69. The molecule has 5 nitrogen and oxygen atoms in total. The molecule has 1 aromatic heterocycles. The largest absolute Gasteiger partial charge is 0.497 e. The molecule has 2 aliphatic heterocycles. The lowest BCUT2D eigenvalue weighted by atomic mass is 9.98. The standard InChI is InChI=1S/C23H25N3O2/c1-28-18-6-4-5-17(15-18)26-20-8-3-2-7-19(20)22-21(26)11-14-25(23(22)27)16-9-12-24-13-10-16/h2-8,15-16,24H,9-14H2,1H3. The van der Waals surface area contributed by atoms with Crippen molar-refractivity contribution in [3.63, 3.8) is 0 Å². The van der Waals surface area contributed by atoms with Gasteiger partial charge in [-0.05, 0) is 44.1 Å². The number of para-hydroxylation sites is 1. The summed E-state index contributed by atoms with van der Waals surface area (Å²) in [4.78, 5) is 15.7. The normalized spacial score (nSPS) is 17.8. The lowest BCUT2D eigenvalue weighted by Crippen LogP contribution is -2.49. The molecule has 0 saturated carbocycles. The highest BCUT2D eigenvalue weighted by Gasteiger charge is 2.35. The number of fused-ring (bicyclic) bond motifs is 3. The Hall–Kier alpha value is -2.79. The van der Waals surface area contributed by atoms with Crippen molar-refractivity contribution < 1.29 is 9.53 Å². The van der Waals surface area contributed by atoms with Gasteiger partial charge in [0, 0.05) is 41.8 Å². The summed E-state index contributed by atoms with van der Waals surface area (Å²) in [6.45, 7) is 2.77. The molecule has 0 radical (unpaired) electrons. The number of methoxy groups -OCH3 is 1. The maximum Gasteiger partial charge on any atom is 0.256 e. The Bertz CT molecular complexity index is 1030. The highest BCUT2D eigenvalue weighted by molar-refractivity contribution is 6.09. The van der Waals surface area contributed by atoms with Crippen molar-refractivity contribution in [2.24, 2.45) is 0 Å². The lowest BCUT2D eigenvalue weighted by Gasteiger charge is -2.37. The number of amides is 1. The predicted octanol–water partition coefficient (Wildman–Crippen LogP) is 3.39. The fourth-order valence-corrected chi connectivity index (χ4v) is 4.75. The molecule has 0 spiro atoms. The number of rotatable bonds is 3. The smallest absolute Gasteiger partial charge is 0.256 e. The van der Waals surface area contributed by atoms with Crippen LogP contribution in [0.3, 0.4) is 0 Å². The average molecular weight is 375 g/mol. The van der Waals surface area contributed by atoms with Gasteiger partial charge >= 0.3 is 0 Å². The van der Waals surface area contributed by atoms with Crippen LogP contribution in [0.4, 0.5) is 0 Å². The van der Waals surface area contributed by atoms with Gasteiger partial charge in [0.05, 0.1) is 18.2 Å². The van der Waals surface area contributed by atoms with Crippen molar-refractivity contribution in [1.29, 1.82) is 0 Å². The molecule has 2 aromatic carbocycles. The molecule has 5 heteroatoms. The molecule has 0 aliphatic carbocycles. The van der Waals surface area contributed by atoms with Crippen LogP contribution < -0.4 is 10.1 Å². The van der Waals surface area contributed by atoms with E-state index in [4.69, 9.17) is 4.74 Å². The van der Waals surface area contributed by atoms with Crippen LogP contribution in [0.2, 0.25) is 0 Å². The molecule has 0 unspecified atom stereocenters. The minimum absolute atomic E-state index is 0.186. The maximum absolute atomic E-state index is 13.6. The zero-order valence-corrected chi connectivity index (χ0v) is 16.1. The fraction of sp³-hybridized carbons (Fsp3) is 0.348. The second kappa shape index (κ2) is 6.99. The number of piperidine rings is 1. The van der Waals surface area contributed by atoms with Gasteiger partial charge in [0.25, 0.3) is 5.91 Å². The van der Waals surface area contributed by atoms with E-state index in [9.17, 15) is 4.79 Å². The molecular weight excluding hydrogens is 350 g/mol. The molecule has 28 heavy (non-hydrogen) atoms. The summed E-state index contributed by atoms with van der Waals surface area (Å²) in [5.41, 5.74) is 4.12. The molecule has 5 rings (SSSR count). The van der Waals surface area contributed by atoms with E-state index in [0.29, 0.717) is 6.04 Å². The Morgan fingerprint density at radius 1 is 1.07 bits per heavy atom. The number of carbonyl (C=O) groups is 1. The number of nitrogens with one attached hydrogen (secondary N) is 1. The highest BCUT2D eigenvalue weighted by atomic mass is 16.5. The van der Waals surface area contributed by atoms with Gasteiger partial charge in [0.2, 0.25) is 0 Å². The molecule has 0 atom stereocenters. The van der Waals surface area contributed by atoms with Crippen molar-refractivity contribution in [2.45, 2.75) is 25.3 Å². The Labute approximate surface area is 164 Å². The van der Waals surface area contributed by atoms with Gasteiger partial charge < -0.3 is 19.5 Å². The Morgan fingerprint density at radius 2 is 1.89 bits per heavy atom. The van der Waals surface area contributed by atoms with Gasteiger partial charge in [-0.2, -0.15) is 0 Å². The van der Waals surface area contributed by atoms with Crippen LogP contribution in [0.25, 0.3) is 16.6 Å². The van der Waals surface area contributed by atoms with Gasteiger partial charge in [0.15, 0.2) is 0 Å². The highest BCUT2D eigenvalue weighted by Crippen LogP contribution is 2.35. The molecule has 144 valence electrons. The van der Waals surface area contributed by atoms with Gasteiger partial charge in [-0.3, -0.25) is 4.79 Å². The van der Waals surface area contributed by atoms with E-state index in [1.165, 1.54) is 0 Å². The first-order chi connectivity index (χ1) is 13.8. The van der Waals surface area contributed by atoms with E-state index in [0.717, 1.165) is 72.5 Å². The summed E-state index contributed by atoms with van der Waals surface area (Å²) in [7, 11) is 1.68. The van der Waals surface area contributed by atoms with Crippen molar-refractivity contribution >= 4 is 16.8 Å². The minimum Gasteiger partial charge on any atom is -0.497 e. The summed E-state index contributed by atoms with van der Waals surface area (Å²) in [6, 6.07) is 16.7. The van der Waals surface area contributed by atoms with Gasteiger partial charge in [0.1, 0.15) is 5.75 Å². The second-order valence-electron chi connectivity index (χ2n) is 7.61. The summed E-state index contributed by atoms with van der Waals surface area (Å²) < 4.78 is 7.67. The lowest BCUT2D eigenvalue weighted by molar-refractivity contribution is 0.0624. The summed E-state index contributed by atoms with van der Waals surface area (Å²) in [6.07, 6.45) is 2.95. The molecule has 1 N–H and O–H groups in total.